The van der Waals surface area contributed by atoms with Crippen LogP contribution in [0.3, 0.4) is 0 Å². The van der Waals surface area contributed by atoms with Crippen molar-refractivity contribution in [3.05, 3.63) is 0 Å². The molecule has 0 aromatic carbocycles. The van der Waals surface area contributed by atoms with E-state index in [9.17, 15) is 13.2 Å². The van der Waals surface area contributed by atoms with Crippen LogP contribution in [-0.2, 0) is 0 Å². The molecule has 2 nitrogen and oxygen atoms in total. The highest BCUT2D eigenvalue weighted by molar-refractivity contribution is 5.85. The molecule has 1 saturated heterocycles. The standard InChI is InChI=1S/C6H11F3N2.2ClH/c7-6(8,9)4-11-2-5(1-10)3-11;;/h5H,1-4,10H2;2*1H. The average Bonchev–Trinajstić information content (AvgIpc) is 1.75. The second-order valence-electron chi connectivity index (χ2n) is 2.91. The van der Waals surface area contributed by atoms with Gasteiger partial charge in [0.1, 0.15) is 0 Å². The zero-order chi connectivity index (χ0) is 8.48. The molecular formula is C6H13Cl2F3N2. The molecule has 2 N–H and O–H groups in total. The molecule has 0 unspecified atom stereocenters. The largest absolute Gasteiger partial charge is 0.401 e. The van der Waals surface area contributed by atoms with E-state index >= 15 is 0 Å². The second-order valence-corrected chi connectivity index (χ2v) is 2.91. The first-order valence-electron chi connectivity index (χ1n) is 3.50. The molecule has 0 radical (unpaired) electrons. The summed E-state index contributed by atoms with van der Waals surface area (Å²) < 4.78 is 35.1. The summed E-state index contributed by atoms with van der Waals surface area (Å²) in [6, 6.07) is 0. The molecule has 0 aromatic rings. The van der Waals surface area contributed by atoms with Crippen molar-refractivity contribution in [2.75, 3.05) is 26.2 Å². The molecule has 1 fully saturated rings. The van der Waals surface area contributed by atoms with E-state index in [1.165, 1.54) is 4.90 Å². The summed E-state index contributed by atoms with van der Waals surface area (Å²) in [5, 5.41) is 0. The van der Waals surface area contributed by atoms with Gasteiger partial charge < -0.3 is 5.73 Å². The van der Waals surface area contributed by atoms with E-state index in [1.54, 1.807) is 0 Å². The van der Waals surface area contributed by atoms with E-state index in [1.807, 2.05) is 0 Å². The Balaban J connectivity index is 0. The minimum atomic E-state index is -4.06. The van der Waals surface area contributed by atoms with Crippen LogP contribution in [0.15, 0.2) is 0 Å². The second kappa shape index (κ2) is 5.90. The highest BCUT2D eigenvalue weighted by Gasteiger charge is 2.36. The van der Waals surface area contributed by atoms with Crippen molar-refractivity contribution in [2.24, 2.45) is 11.7 Å². The molecule has 0 aromatic heterocycles. The molecule has 0 aliphatic carbocycles. The van der Waals surface area contributed by atoms with E-state index in [0.29, 0.717) is 19.6 Å². The Morgan fingerprint density at radius 3 is 2.00 bits per heavy atom. The summed E-state index contributed by atoms with van der Waals surface area (Å²) in [6.07, 6.45) is -4.06. The number of hydrogen-bond acceptors (Lipinski definition) is 2. The Morgan fingerprint density at radius 2 is 1.69 bits per heavy atom. The molecule has 82 valence electrons. The lowest BCUT2D eigenvalue weighted by atomic mass is 10.0. The first kappa shape index (κ1) is 15.7. The van der Waals surface area contributed by atoms with Crippen LogP contribution in [-0.4, -0.2) is 37.3 Å². The lowest BCUT2D eigenvalue weighted by Crippen LogP contribution is -2.52. The zero-order valence-corrected chi connectivity index (χ0v) is 8.51. The zero-order valence-electron chi connectivity index (χ0n) is 6.88. The molecule has 0 atom stereocenters. The Labute approximate surface area is 87.5 Å². The lowest BCUT2D eigenvalue weighted by molar-refractivity contribution is -0.158. The molecule has 7 heteroatoms. The summed E-state index contributed by atoms with van der Waals surface area (Å²) in [7, 11) is 0. The monoisotopic (exact) mass is 240 g/mol. The minimum absolute atomic E-state index is 0. The van der Waals surface area contributed by atoms with Gasteiger partial charge in [-0.3, -0.25) is 4.90 Å². The first-order valence-corrected chi connectivity index (χ1v) is 3.50. The van der Waals surface area contributed by atoms with Crippen molar-refractivity contribution in [2.45, 2.75) is 6.18 Å². The fourth-order valence-electron chi connectivity index (χ4n) is 1.21. The number of alkyl halides is 3. The van der Waals surface area contributed by atoms with Gasteiger partial charge in [-0.15, -0.1) is 24.8 Å². The SMILES string of the molecule is Cl.Cl.NCC1CN(CC(F)(F)F)C1. The maximum absolute atomic E-state index is 11.7. The van der Waals surface area contributed by atoms with Crippen LogP contribution in [0.4, 0.5) is 13.2 Å². The average molecular weight is 241 g/mol. The fraction of sp³-hybridized carbons (Fsp3) is 1.00. The highest BCUT2D eigenvalue weighted by Crippen LogP contribution is 2.22. The fourth-order valence-corrected chi connectivity index (χ4v) is 1.21. The van der Waals surface area contributed by atoms with Gasteiger partial charge in [0, 0.05) is 13.1 Å². The van der Waals surface area contributed by atoms with Crippen LogP contribution < -0.4 is 5.73 Å². The number of hydrogen-bond donors (Lipinski definition) is 1. The van der Waals surface area contributed by atoms with Crippen LogP contribution >= 0.6 is 24.8 Å². The molecule has 0 bridgehead atoms. The molecule has 0 spiro atoms. The van der Waals surface area contributed by atoms with Crippen LogP contribution in [0.5, 0.6) is 0 Å². The van der Waals surface area contributed by atoms with E-state index in [2.05, 4.69) is 0 Å². The van der Waals surface area contributed by atoms with Gasteiger partial charge in [0.05, 0.1) is 6.54 Å². The van der Waals surface area contributed by atoms with Crippen molar-refractivity contribution >= 4 is 24.8 Å². The maximum Gasteiger partial charge on any atom is 0.401 e. The summed E-state index contributed by atoms with van der Waals surface area (Å²) in [6.45, 7) is 0.698. The van der Waals surface area contributed by atoms with Crippen molar-refractivity contribution in [3.63, 3.8) is 0 Å². The maximum atomic E-state index is 11.7. The number of likely N-dealkylation sites (tertiary alicyclic amines) is 1. The van der Waals surface area contributed by atoms with Crippen molar-refractivity contribution in [3.8, 4) is 0 Å². The molecule has 13 heavy (non-hydrogen) atoms. The van der Waals surface area contributed by atoms with Gasteiger partial charge in [0.25, 0.3) is 0 Å². The quantitative estimate of drug-likeness (QED) is 0.789. The number of nitrogens with two attached hydrogens (primary N) is 1. The predicted octanol–water partition coefficient (Wildman–Crippen LogP) is 1.28. The van der Waals surface area contributed by atoms with Crippen LogP contribution in [0.2, 0.25) is 0 Å². The molecule has 1 aliphatic rings. The van der Waals surface area contributed by atoms with Crippen LogP contribution in [0.1, 0.15) is 0 Å². The Kier molecular flexibility index (Phi) is 7.15. The topological polar surface area (TPSA) is 29.3 Å². The van der Waals surface area contributed by atoms with Gasteiger partial charge in [0.2, 0.25) is 0 Å². The molecule has 1 rings (SSSR count). The normalized spacial score (nSPS) is 18.5. The van der Waals surface area contributed by atoms with Crippen molar-refractivity contribution in [1.82, 2.24) is 4.90 Å². The van der Waals surface area contributed by atoms with Gasteiger partial charge in [-0.2, -0.15) is 13.2 Å². The third-order valence-corrected chi connectivity index (χ3v) is 1.77. The summed E-state index contributed by atoms with van der Waals surface area (Å²) in [5.41, 5.74) is 5.25. The Morgan fingerprint density at radius 1 is 1.23 bits per heavy atom. The minimum Gasteiger partial charge on any atom is -0.330 e. The van der Waals surface area contributed by atoms with E-state index in [4.69, 9.17) is 5.73 Å². The Hall–Kier alpha value is 0.290. The highest BCUT2D eigenvalue weighted by atomic mass is 35.5. The predicted molar refractivity (Wildman–Crippen MR) is 49.5 cm³/mol. The first-order chi connectivity index (χ1) is 5.01. The van der Waals surface area contributed by atoms with Crippen LogP contribution in [0, 0.1) is 5.92 Å². The van der Waals surface area contributed by atoms with Gasteiger partial charge in [0.15, 0.2) is 0 Å². The molecule has 1 heterocycles. The molecule has 1 aliphatic heterocycles. The van der Waals surface area contributed by atoms with E-state index < -0.39 is 12.7 Å². The van der Waals surface area contributed by atoms with Crippen molar-refractivity contribution < 1.29 is 13.2 Å². The lowest BCUT2D eigenvalue weighted by Gasteiger charge is -2.38. The molecule has 0 saturated carbocycles. The third-order valence-electron chi connectivity index (χ3n) is 1.77. The van der Waals surface area contributed by atoms with Gasteiger partial charge in [-0.25, -0.2) is 0 Å². The van der Waals surface area contributed by atoms with Gasteiger partial charge in [-0.1, -0.05) is 0 Å². The smallest absolute Gasteiger partial charge is 0.330 e. The van der Waals surface area contributed by atoms with Gasteiger partial charge in [-0.05, 0) is 12.5 Å². The number of halogens is 5. The number of nitrogens with zero attached hydrogens (tertiary/aromatic N) is 1. The summed E-state index contributed by atoms with van der Waals surface area (Å²) >= 11 is 0. The summed E-state index contributed by atoms with van der Waals surface area (Å²) in [4.78, 5) is 1.36. The van der Waals surface area contributed by atoms with Crippen molar-refractivity contribution in [1.29, 1.82) is 0 Å². The summed E-state index contributed by atoms with van der Waals surface area (Å²) in [5.74, 6) is 0.275. The molecule has 0 amide bonds. The Bertz CT molecular complexity index is 136. The van der Waals surface area contributed by atoms with Gasteiger partial charge >= 0.3 is 6.18 Å². The number of rotatable bonds is 2. The van der Waals surface area contributed by atoms with Crippen LogP contribution in [0.25, 0.3) is 0 Å². The van der Waals surface area contributed by atoms with E-state index in [0.717, 1.165) is 0 Å². The third kappa shape index (κ3) is 5.57. The van der Waals surface area contributed by atoms with E-state index in [-0.39, 0.29) is 30.7 Å². The molecular weight excluding hydrogens is 228 g/mol.